The predicted molar refractivity (Wildman–Crippen MR) is 141 cm³/mol. The standard InChI is InChI=1S/3C8H19O4P.2Nd/c3*1-3-4-5-6-7-8(2)12-13(9,10)11;;/h3*8H,3-7H2,1-2H3,(H2,9,10,11);;/q;;;2*+3/p-6. The normalized spacial score (nSPS) is 13.8. The molecule has 0 bridgehead atoms. The first-order chi connectivity index (χ1) is 17.9. The van der Waals surface area contributed by atoms with E-state index in [-0.39, 0.29) is 81.7 Å². The number of unbranched alkanes of at least 4 members (excludes halogenated alkanes) is 9. The van der Waals surface area contributed by atoms with E-state index in [0.29, 0.717) is 19.3 Å². The number of phosphoric ester groups is 3. The minimum Gasteiger partial charge on any atom is -0.790 e. The summed E-state index contributed by atoms with van der Waals surface area (Å²) in [6.45, 7) is 11.1. The second-order valence-electron chi connectivity index (χ2n) is 9.64. The number of hydrogen-bond donors (Lipinski definition) is 0. The van der Waals surface area contributed by atoms with E-state index in [0.717, 1.165) is 77.0 Å². The Bertz CT molecular complexity index is 598. The maximum absolute atomic E-state index is 10.2. The van der Waals surface area contributed by atoms with Gasteiger partial charge in [0.25, 0.3) is 0 Å². The quantitative estimate of drug-likeness (QED) is 0.119. The first kappa shape index (κ1) is 53.5. The summed E-state index contributed by atoms with van der Waals surface area (Å²) < 4.78 is 43.3. The van der Waals surface area contributed by atoms with E-state index < -0.39 is 41.8 Å². The van der Waals surface area contributed by atoms with Crippen molar-refractivity contribution < 1.29 is 138 Å². The molecule has 242 valence electrons. The molecule has 0 aromatic rings. The molecule has 3 unspecified atom stereocenters. The minimum absolute atomic E-state index is 0. The molecule has 0 fully saturated rings. The molecule has 0 aliphatic carbocycles. The van der Waals surface area contributed by atoms with Gasteiger partial charge in [0, 0.05) is 0 Å². The fourth-order valence-corrected chi connectivity index (χ4v) is 5.03. The molecule has 12 nitrogen and oxygen atoms in total. The number of rotatable bonds is 21. The second-order valence-corrected chi connectivity index (χ2v) is 13.0. The summed E-state index contributed by atoms with van der Waals surface area (Å²) in [6.07, 6.45) is 13.2. The Hall–Kier alpha value is 3.03. The summed E-state index contributed by atoms with van der Waals surface area (Å²) in [5.74, 6) is 0. The molecule has 0 heterocycles. The number of phosphoric acid groups is 3. The van der Waals surface area contributed by atoms with Gasteiger partial charge in [-0.25, -0.2) is 0 Å². The van der Waals surface area contributed by atoms with Crippen LogP contribution in [-0.2, 0) is 27.3 Å². The number of hydrogen-bond acceptors (Lipinski definition) is 12. The van der Waals surface area contributed by atoms with Crippen LogP contribution in [0.5, 0.6) is 0 Å². The van der Waals surface area contributed by atoms with Gasteiger partial charge in [0.05, 0.1) is 41.8 Å². The Labute approximate surface area is 314 Å². The molecule has 0 aromatic heterocycles. The van der Waals surface area contributed by atoms with Crippen molar-refractivity contribution in [2.24, 2.45) is 0 Å². The van der Waals surface area contributed by atoms with Crippen molar-refractivity contribution >= 4 is 23.5 Å². The van der Waals surface area contributed by atoms with Crippen LogP contribution < -0.4 is 29.4 Å². The van der Waals surface area contributed by atoms with Gasteiger partial charge in [0.1, 0.15) is 0 Å². The molecule has 0 aliphatic rings. The second kappa shape index (κ2) is 33.0. The van der Waals surface area contributed by atoms with Crippen LogP contribution in [0.4, 0.5) is 0 Å². The third-order valence-corrected chi connectivity index (χ3v) is 7.17. The fraction of sp³-hybridized carbons (Fsp3) is 1.00. The fourth-order valence-electron chi connectivity index (χ4n) is 3.39. The largest absolute Gasteiger partial charge is 3.00 e. The van der Waals surface area contributed by atoms with Crippen molar-refractivity contribution in [1.29, 1.82) is 0 Å². The monoisotopic (exact) mass is 908 g/mol. The van der Waals surface area contributed by atoms with E-state index >= 15 is 0 Å². The van der Waals surface area contributed by atoms with Crippen LogP contribution in [-0.4, -0.2) is 18.3 Å². The van der Waals surface area contributed by atoms with Crippen molar-refractivity contribution in [3.63, 3.8) is 0 Å². The van der Waals surface area contributed by atoms with Crippen LogP contribution in [0.1, 0.15) is 138 Å². The molecule has 3 atom stereocenters. The van der Waals surface area contributed by atoms with Gasteiger partial charge in [-0.2, -0.15) is 0 Å². The van der Waals surface area contributed by atoms with Gasteiger partial charge in [-0.3, -0.25) is 0 Å². The Morgan fingerprint density at radius 2 is 0.634 bits per heavy atom. The summed E-state index contributed by atoms with van der Waals surface area (Å²) >= 11 is 0. The smallest absolute Gasteiger partial charge is 0.790 e. The SMILES string of the molecule is CCCCCCC(C)OP(=O)([O-])[O-].CCCCCCC(C)OP(=O)([O-])[O-].CCCCCCC(C)OP(=O)([O-])[O-].[Nd+3].[Nd+3]. The third-order valence-electron chi connectivity index (χ3n) is 5.32. The Morgan fingerprint density at radius 3 is 0.780 bits per heavy atom. The van der Waals surface area contributed by atoms with Crippen molar-refractivity contribution in [2.45, 2.75) is 156 Å². The molecule has 0 aliphatic heterocycles. The molecule has 0 saturated carbocycles. The molecule has 2 radical (unpaired) electrons. The zero-order valence-electron chi connectivity index (χ0n) is 25.6. The van der Waals surface area contributed by atoms with Gasteiger partial charge >= 0.3 is 81.7 Å². The van der Waals surface area contributed by atoms with Gasteiger partial charge < -0.3 is 56.6 Å². The van der Waals surface area contributed by atoms with E-state index in [1.54, 1.807) is 20.8 Å². The first-order valence-electron chi connectivity index (χ1n) is 14.0. The predicted octanol–water partition coefficient (Wildman–Crippen LogP) is 3.57. The molecule has 0 aromatic carbocycles. The van der Waals surface area contributed by atoms with E-state index in [2.05, 4.69) is 34.3 Å². The maximum Gasteiger partial charge on any atom is 3.00 e. The molecule has 0 rings (SSSR count). The van der Waals surface area contributed by atoms with Crippen molar-refractivity contribution in [2.75, 3.05) is 0 Å². The van der Waals surface area contributed by atoms with Gasteiger partial charge in [-0.05, 0) is 40.0 Å². The molecule has 0 N–H and O–H groups in total. The molecule has 41 heavy (non-hydrogen) atoms. The van der Waals surface area contributed by atoms with Gasteiger partial charge in [-0.1, -0.05) is 97.8 Å². The van der Waals surface area contributed by atoms with Gasteiger partial charge in [0.15, 0.2) is 0 Å². The molecule has 0 saturated heterocycles. The summed E-state index contributed by atoms with van der Waals surface area (Å²) in [7, 11) is -14.3. The summed E-state index contributed by atoms with van der Waals surface area (Å²) in [4.78, 5) is 61.1. The molecule has 17 heteroatoms. The van der Waals surface area contributed by atoms with Gasteiger partial charge in [0.2, 0.25) is 0 Å². The average Bonchev–Trinajstić information content (AvgIpc) is 2.75. The average molecular weight is 913 g/mol. The molecular formula is C24H51Nd2O12P3. The Kier molecular flexibility index (Phi) is 43.0. The molecule has 0 amide bonds. The van der Waals surface area contributed by atoms with Crippen molar-refractivity contribution in [1.82, 2.24) is 0 Å². The topological polar surface area (TPSA) is 217 Å². The summed E-state index contributed by atoms with van der Waals surface area (Å²) in [5.41, 5.74) is 0. The van der Waals surface area contributed by atoms with Crippen LogP contribution >= 0.6 is 23.5 Å². The molecular weight excluding hydrogens is 862 g/mol. The van der Waals surface area contributed by atoms with Crippen LogP contribution in [0.15, 0.2) is 0 Å². The van der Waals surface area contributed by atoms with E-state index in [1.807, 2.05) is 0 Å². The summed E-state index contributed by atoms with van der Waals surface area (Å²) in [6, 6.07) is 0. The zero-order valence-corrected chi connectivity index (χ0v) is 34.7. The van der Waals surface area contributed by atoms with Crippen LogP contribution in [0.25, 0.3) is 0 Å². The molecule has 0 spiro atoms. The van der Waals surface area contributed by atoms with Gasteiger partial charge in [-0.15, -0.1) is 0 Å². The Morgan fingerprint density at radius 1 is 0.439 bits per heavy atom. The zero-order chi connectivity index (χ0) is 31.0. The first-order valence-corrected chi connectivity index (χ1v) is 18.4. The Balaban J connectivity index is -0.000000154. The van der Waals surface area contributed by atoms with E-state index in [9.17, 15) is 43.1 Å². The maximum atomic E-state index is 10.2. The minimum atomic E-state index is -4.78. The third kappa shape index (κ3) is 55.8. The summed E-state index contributed by atoms with van der Waals surface area (Å²) in [5, 5.41) is 0. The van der Waals surface area contributed by atoms with Crippen molar-refractivity contribution in [3.8, 4) is 0 Å². The van der Waals surface area contributed by atoms with E-state index in [1.165, 1.54) is 0 Å². The van der Waals surface area contributed by atoms with Crippen molar-refractivity contribution in [3.05, 3.63) is 0 Å². The van der Waals surface area contributed by atoms with E-state index in [4.69, 9.17) is 0 Å². The van der Waals surface area contributed by atoms with Crippen LogP contribution in [0.2, 0.25) is 0 Å². The van der Waals surface area contributed by atoms with Crippen LogP contribution in [0, 0.1) is 81.7 Å². The van der Waals surface area contributed by atoms with Crippen LogP contribution in [0.3, 0.4) is 0 Å².